The quantitative estimate of drug-likeness (QED) is 0.898. The second-order valence-electron chi connectivity index (χ2n) is 7.25. The molecule has 0 amide bonds. The minimum Gasteiger partial charge on any atom is -0.495 e. The number of rotatable bonds is 4. The van der Waals surface area contributed by atoms with E-state index in [2.05, 4.69) is 59.9 Å². The number of nitrogens with one attached hydrogen (secondary N) is 1. The second-order valence-corrected chi connectivity index (χ2v) is 7.25. The highest BCUT2D eigenvalue weighted by atomic mass is 16.3. The van der Waals surface area contributed by atoms with Crippen molar-refractivity contribution in [1.29, 1.82) is 0 Å². The van der Waals surface area contributed by atoms with E-state index in [1.807, 2.05) is 0 Å². The van der Waals surface area contributed by atoms with Crippen molar-refractivity contribution < 1.29 is 5.11 Å². The summed E-state index contributed by atoms with van der Waals surface area (Å²) in [7, 11) is 2.18. The molecule has 0 saturated carbocycles. The van der Waals surface area contributed by atoms with Crippen molar-refractivity contribution >= 4 is 0 Å². The summed E-state index contributed by atoms with van der Waals surface area (Å²) in [6.45, 7) is 7.98. The predicted octanol–water partition coefficient (Wildman–Crippen LogP) is 2.69. The molecular formula is C20H27N3O2. The Morgan fingerprint density at radius 3 is 2.72 bits per heavy atom. The van der Waals surface area contributed by atoms with E-state index in [1.54, 1.807) is 12.1 Å². The molecule has 1 aliphatic rings. The lowest BCUT2D eigenvalue weighted by molar-refractivity contribution is 0.0898. The summed E-state index contributed by atoms with van der Waals surface area (Å²) >= 11 is 0. The van der Waals surface area contributed by atoms with Crippen molar-refractivity contribution in [3.05, 3.63) is 63.4 Å². The predicted molar refractivity (Wildman–Crippen MR) is 99.9 cm³/mol. The van der Waals surface area contributed by atoms with E-state index in [0.717, 1.165) is 25.2 Å². The van der Waals surface area contributed by atoms with Gasteiger partial charge in [0.1, 0.15) is 0 Å². The normalized spacial score (nSPS) is 19.4. The first-order chi connectivity index (χ1) is 11.9. The summed E-state index contributed by atoms with van der Waals surface area (Å²) in [6, 6.07) is 12.2. The van der Waals surface area contributed by atoms with Gasteiger partial charge in [-0.2, -0.15) is 0 Å². The Balaban J connectivity index is 1.81. The molecule has 1 aliphatic heterocycles. The molecule has 0 spiro atoms. The van der Waals surface area contributed by atoms with Crippen molar-refractivity contribution in [2.45, 2.75) is 32.4 Å². The summed E-state index contributed by atoms with van der Waals surface area (Å²) in [4.78, 5) is 18.7. The summed E-state index contributed by atoms with van der Waals surface area (Å²) in [5, 5.41) is 9.61. The fourth-order valence-electron chi connectivity index (χ4n) is 3.68. The number of likely N-dealkylation sites (N-methyl/N-ethyl adjacent to an activating group) is 1. The average molecular weight is 341 g/mol. The number of aromatic hydroxyl groups is 1. The third-order valence-corrected chi connectivity index (χ3v) is 5.01. The van der Waals surface area contributed by atoms with E-state index in [9.17, 15) is 9.90 Å². The van der Waals surface area contributed by atoms with E-state index in [0.29, 0.717) is 18.5 Å². The van der Waals surface area contributed by atoms with Crippen LogP contribution >= 0.6 is 0 Å². The Bertz CT molecular complexity index is 785. The largest absolute Gasteiger partial charge is 0.495 e. The van der Waals surface area contributed by atoms with Crippen molar-refractivity contribution in [1.82, 2.24) is 14.8 Å². The maximum atomic E-state index is 11.6. The zero-order chi connectivity index (χ0) is 18.0. The lowest BCUT2D eigenvalue weighted by atomic mass is 9.91. The number of H-pyrrole nitrogens is 1. The van der Waals surface area contributed by atoms with E-state index in [-0.39, 0.29) is 11.4 Å². The minimum absolute atomic E-state index is 0.0710. The van der Waals surface area contributed by atoms with Gasteiger partial charge in [0.05, 0.1) is 0 Å². The zero-order valence-corrected chi connectivity index (χ0v) is 15.2. The smallest absolute Gasteiger partial charge is 0.250 e. The number of hydrogen-bond donors (Lipinski definition) is 2. The first-order valence-electron chi connectivity index (χ1n) is 8.87. The number of aromatic nitrogens is 1. The fourth-order valence-corrected chi connectivity index (χ4v) is 3.68. The molecule has 5 nitrogen and oxygen atoms in total. The molecule has 0 aliphatic carbocycles. The molecule has 1 atom stereocenters. The first kappa shape index (κ1) is 17.7. The van der Waals surface area contributed by atoms with Crippen LogP contribution in [0.1, 0.15) is 42.5 Å². The molecule has 5 heteroatoms. The van der Waals surface area contributed by atoms with Crippen LogP contribution in [0.25, 0.3) is 0 Å². The molecular weight excluding hydrogens is 314 g/mol. The van der Waals surface area contributed by atoms with Crippen LogP contribution in [0.5, 0.6) is 5.88 Å². The molecule has 1 fully saturated rings. The number of hydrogen-bond acceptors (Lipinski definition) is 4. The Labute approximate surface area is 148 Å². The van der Waals surface area contributed by atoms with Crippen molar-refractivity contribution in [2.75, 3.05) is 26.7 Å². The Kier molecular flexibility index (Phi) is 5.25. The molecule has 0 radical (unpaired) electrons. The molecule has 0 bridgehead atoms. The maximum Gasteiger partial charge on any atom is 0.250 e. The highest BCUT2D eigenvalue weighted by Gasteiger charge is 2.27. The second kappa shape index (κ2) is 7.42. The van der Waals surface area contributed by atoms with Gasteiger partial charge in [0, 0.05) is 44.4 Å². The third-order valence-electron chi connectivity index (χ3n) is 5.01. The monoisotopic (exact) mass is 341 g/mol. The summed E-state index contributed by atoms with van der Waals surface area (Å²) in [6.07, 6.45) is 0. The summed E-state index contributed by atoms with van der Waals surface area (Å²) in [5.74, 6) is 0.419. The molecule has 1 aromatic heterocycles. The molecule has 1 aromatic carbocycles. The van der Waals surface area contributed by atoms with Crippen molar-refractivity contribution in [2.24, 2.45) is 0 Å². The standard InChI is InChI=1S/C20H27N3O2/c1-14(2)16-6-4-5-7-17(16)18-13-23(9-8-22(18)3)12-15-10-19(24)21-20(25)11-15/h4-7,10-11,14,18H,8-9,12-13H2,1-3H3,(H2,21,24,25). The highest BCUT2D eigenvalue weighted by Crippen LogP contribution is 2.31. The summed E-state index contributed by atoms with van der Waals surface area (Å²) in [5.41, 5.74) is 3.38. The highest BCUT2D eigenvalue weighted by molar-refractivity contribution is 5.33. The van der Waals surface area contributed by atoms with Crippen molar-refractivity contribution in [3.8, 4) is 5.88 Å². The molecule has 2 heterocycles. The van der Waals surface area contributed by atoms with Crippen molar-refractivity contribution in [3.63, 3.8) is 0 Å². The van der Waals surface area contributed by atoms with E-state index in [1.165, 1.54) is 11.1 Å². The van der Waals surface area contributed by atoms with Crippen LogP contribution in [0.15, 0.2) is 41.2 Å². The van der Waals surface area contributed by atoms with Gasteiger partial charge in [0.25, 0.3) is 5.56 Å². The van der Waals surface area contributed by atoms with Crippen LogP contribution < -0.4 is 5.56 Å². The molecule has 2 N–H and O–H groups in total. The Hall–Kier alpha value is -2.11. The van der Waals surface area contributed by atoms with E-state index in [4.69, 9.17) is 0 Å². The lowest BCUT2D eigenvalue weighted by Crippen LogP contribution is -2.46. The molecule has 2 aromatic rings. The molecule has 1 saturated heterocycles. The topological polar surface area (TPSA) is 59.6 Å². The summed E-state index contributed by atoms with van der Waals surface area (Å²) < 4.78 is 0. The van der Waals surface area contributed by atoms with E-state index < -0.39 is 0 Å². The number of aromatic amines is 1. The van der Waals surface area contributed by atoms with Gasteiger partial charge in [0.2, 0.25) is 0 Å². The Morgan fingerprint density at radius 1 is 1.24 bits per heavy atom. The van der Waals surface area contributed by atoms with Crippen LogP contribution in [-0.2, 0) is 6.54 Å². The van der Waals surface area contributed by atoms with Gasteiger partial charge in [-0.05, 0) is 29.7 Å². The first-order valence-corrected chi connectivity index (χ1v) is 8.87. The van der Waals surface area contributed by atoms with Crippen LogP contribution in [0, 0.1) is 0 Å². The van der Waals surface area contributed by atoms with Gasteiger partial charge in [-0.25, -0.2) is 0 Å². The van der Waals surface area contributed by atoms with Crippen LogP contribution in [0.3, 0.4) is 0 Å². The zero-order valence-electron chi connectivity index (χ0n) is 15.2. The SMILES string of the molecule is CC(C)c1ccccc1C1CN(Cc2cc(O)[nH]c(=O)c2)CCN1C. The number of piperazine rings is 1. The molecule has 134 valence electrons. The van der Waals surface area contributed by atoms with Gasteiger partial charge in [-0.3, -0.25) is 19.6 Å². The molecule has 25 heavy (non-hydrogen) atoms. The van der Waals surface area contributed by atoms with Gasteiger partial charge < -0.3 is 5.11 Å². The van der Waals surface area contributed by atoms with Gasteiger partial charge in [-0.1, -0.05) is 38.1 Å². The number of nitrogens with zero attached hydrogens (tertiary/aromatic N) is 2. The molecule has 3 rings (SSSR count). The number of pyridine rings is 1. The molecule has 1 unspecified atom stereocenters. The Morgan fingerprint density at radius 2 is 2.00 bits per heavy atom. The minimum atomic E-state index is -0.258. The van der Waals surface area contributed by atoms with Crippen LogP contribution in [0.4, 0.5) is 0 Å². The van der Waals surface area contributed by atoms with Gasteiger partial charge in [0.15, 0.2) is 5.88 Å². The number of benzene rings is 1. The van der Waals surface area contributed by atoms with Crippen LogP contribution in [0.2, 0.25) is 0 Å². The van der Waals surface area contributed by atoms with E-state index >= 15 is 0 Å². The average Bonchev–Trinajstić information content (AvgIpc) is 2.55. The van der Waals surface area contributed by atoms with Gasteiger partial charge in [-0.15, -0.1) is 0 Å². The fraction of sp³-hybridized carbons (Fsp3) is 0.450. The van der Waals surface area contributed by atoms with Crippen LogP contribution in [-0.4, -0.2) is 46.6 Å². The lowest BCUT2D eigenvalue weighted by Gasteiger charge is -2.40. The van der Waals surface area contributed by atoms with Gasteiger partial charge >= 0.3 is 0 Å². The maximum absolute atomic E-state index is 11.6. The third kappa shape index (κ3) is 4.11.